The minimum absolute atomic E-state index is 0.825. The zero-order valence-electron chi connectivity index (χ0n) is 15.8. The molecule has 3 nitrogen and oxygen atoms in total. The molecule has 1 heterocycles. The number of hydrogen-bond acceptors (Lipinski definition) is 2. The molecule has 5 aromatic rings. The minimum atomic E-state index is 0.825. The first-order chi connectivity index (χ1) is 14.4. The Labute approximate surface area is 169 Å². The highest BCUT2D eigenvalue weighted by molar-refractivity contribution is 5.86. The fraction of sp³-hybridized carbons (Fsp3) is 0. The van der Waals surface area contributed by atoms with Gasteiger partial charge in [-0.2, -0.15) is 5.10 Å². The molecule has 0 radical (unpaired) electrons. The quantitative estimate of drug-likeness (QED) is 0.372. The molecule has 0 spiro atoms. The molecule has 0 saturated heterocycles. The van der Waals surface area contributed by atoms with E-state index in [2.05, 4.69) is 88.9 Å². The number of aromatic nitrogens is 3. The van der Waals surface area contributed by atoms with Crippen LogP contribution in [0, 0.1) is 0 Å². The second-order valence-electron chi connectivity index (χ2n) is 6.80. The van der Waals surface area contributed by atoms with Gasteiger partial charge in [0.1, 0.15) is 6.33 Å². The predicted molar refractivity (Wildman–Crippen MR) is 118 cm³/mol. The molecule has 1 aromatic heterocycles. The summed E-state index contributed by atoms with van der Waals surface area (Å²) in [6.07, 6.45) is 1.62. The van der Waals surface area contributed by atoms with Crippen LogP contribution in [0.4, 0.5) is 0 Å². The highest BCUT2D eigenvalue weighted by Crippen LogP contribution is 2.36. The average molecular weight is 373 g/mol. The van der Waals surface area contributed by atoms with E-state index in [1.54, 1.807) is 6.33 Å². The first-order valence-corrected chi connectivity index (χ1v) is 9.61. The van der Waals surface area contributed by atoms with E-state index in [4.69, 9.17) is 0 Å². The third-order valence-electron chi connectivity index (χ3n) is 5.00. The molecule has 0 bridgehead atoms. The first kappa shape index (κ1) is 17.1. The highest BCUT2D eigenvalue weighted by atomic mass is 15.3. The van der Waals surface area contributed by atoms with Crippen LogP contribution in [0.1, 0.15) is 0 Å². The maximum atomic E-state index is 4.64. The second-order valence-corrected chi connectivity index (χ2v) is 6.80. The van der Waals surface area contributed by atoms with Crippen LogP contribution in [0.5, 0.6) is 0 Å². The number of hydrogen-bond donors (Lipinski definition) is 0. The second kappa shape index (κ2) is 7.56. The van der Waals surface area contributed by atoms with Gasteiger partial charge in [-0.05, 0) is 11.1 Å². The molecule has 0 aliphatic carbocycles. The van der Waals surface area contributed by atoms with Gasteiger partial charge in [0.05, 0.1) is 5.69 Å². The lowest BCUT2D eigenvalue weighted by Gasteiger charge is -2.17. The zero-order chi connectivity index (χ0) is 19.5. The number of benzene rings is 4. The van der Waals surface area contributed by atoms with Crippen LogP contribution in [0.15, 0.2) is 116 Å². The molecule has 0 atom stereocenters. The van der Waals surface area contributed by atoms with Crippen LogP contribution in [0.3, 0.4) is 0 Å². The summed E-state index contributed by atoms with van der Waals surface area (Å²) in [6.45, 7) is 0. The lowest BCUT2D eigenvalue weighted by atomic mass is 9.96. The van der Waals surface area contributed by atoms with Gasteiger partial charge in [0.2, 0.25) is 0 Å². The Hall–Kier alpha value is -3.98. The van der Waals surface area contributed by atoms with Crippen LogP contribution in [0.2, 0.25) is 0 Å². The van der Waals surface area contributed by atoms with E-state index in [9.17, 15) is 0 Å². The van der Waals surface area contributed by atoms with Gasteiger partial charge in [-0.25, -0.2) is 9.67 Å². The van der Waals surface area contributed by atoms with Crippen molar-refractivity contribution in [1.82, 2.24) is 14.8 Å². The molecular formula is C26H19N3. The van der Waals surface area contributed by atoms with Gasteiger partial charge in [0, 0.05) is 16.7 Å². The van der Waals surface area contributed by atoms with Gasteiger partial charge in [-0.3, -0.25) is 0 Å². The van der Waals surface area contributed by atoms with Gasteiger partial charge >= 0.3 is 0 Å². The maximum absolute atomic E-state index is 4.64. The fourth-order valence-electron chi connectivity index (χ4n) is 3.66. The van der Waals surface area contributed by atoms with Crippen molar-refractivity contribution >= 4 is 0 Å². The Kier molecular flexibility index (Phi) is 4.47. The van der Waals surface area contributed by atoms with Crippen LogP contribution in [0.25, 0.3) is 39.3 Å². The van der Waals surface area contributed by atoms with Gasteiger partial charge in [0.25, 0.3) is 0 Å². The summed E-state index contributed by atoms with van der Waals surface area (Å²) in [4.78, 5) is 4.58. The number of para-hydroxylation sites is 1. The van der Waals surface area contributed by atoms with Crippen LogP contribution in [-0.2, 0) is 0 Å². The molecule has 3 heteroatoms. The summed E-state index contributed by atoms with van der Waals surface area (Å²) in [7, 11) is 0. The van der Waals surface area contributed by atoms with Crippen molar-refractivity contribution in [2.24, 2.45) is 0 Å². The van der Waals surface area contributed by atoms with Crippen LogP contribution < -0.4 is 0 Å². The molecule has 29 heavy (non-hydrogen) atoms. The maximum Gasteiger partial charge on any atom is 0.163 e. The zero-order valence-corrected chi connectivity index (χ0v) is 15.8. The van der Waals surface area contributed by atoms with Crippen molar-refractivity contribution in [1.29, 1.82) is 0 Å². The van der Waals surface area contributed by atoms with Crippen molar-refractivity contribution in [3.05, 3.63) is 116 Å². The first-order valence-electron chi connectivity index (χ1n) is 9.61. The Morgan fingerprint density at radius 1 is 0.483 bits per heavy atom. The van der Waals surface area contributed by atoms with Crippen LogP contribution in [-0.4, -0.2) is 14.8 Å². The summed E-state index contributed by atoms with van der Waals surface area (Å²) in [5, 5.41) is 4.64. The molecule has 0 saturated carbocycles. The summed E-state index contributed by atoms with van der Waals surface area (Å²) >= 11 is 0. The Morgan fingerprint density at radius 3 is 1.48 bits per heavy atom. The van der Waals surface area contributed by atoms with Crippen molar-refractivity contribution in [3.63, 3.8) is 0 Å². The van der Waals surface area contributed by atoms with Gasteiger partial charge in [-0.1, -0.05) is 109 Å². The standard InChI is InChI=1S/C26H19N3/c1-4-11-20(12-5-1)23-17-10-18-24(21-13-6-2-7-14-21)25(23)29-26(27-19-28-29)22-15-8-3-9-16-22/h1-19H. The van der Waals surface area contributed by atoms with Gasteiger partial charge < -0.3 is 0 Å². The summed E-state index contributed by atoms with van der Waals surface area (Å²) in [5.74, 6) is 0.825. The molecule has 0 aliphatic rings. The third-order valence-corrected chi connectivity index (χ3v) is 5.00. The van der Waals surface area contributed by atoms with Crippen LogP contribution >= 0.6 is 0 Å². The number of rotatable bonds is 4. The Bertz CT molecular complexity index is 1170. The predicted octanol–water partition coefficient (Wildman–Crippen LogP) is 6.27. The van der Waals surface area contributed by atoms with E-state index in [-0.39, 0.29) is 0 Å². The van der Waals surface area contributed by atoms with Crippen molar-refractivity contribution in [2.75, 3.05) is 0 Å². The van der Waals surface area contributed by atoms with Crippen molar-refractivity contribution in [2.45, 2.75) is 0 Å². The van der Waals surface area contributed by atoms with E-state index in [0.29, 0.717) is 0 Å². The summed E-state index contributed by atoms with van der Waals surface area (Å²) in [5.41, 5.74) is 6.60. The molecule has 5 rings (SSSR count). The molecule has 0 fully saturated rings. The molecular weight excluding hydrogens is 354 g/mol. The van der Waals surface area contributed by atoms with E-state index < -0.39 is 0 Å². The van der Waals surface area contributed by atoms with Crippen molar-refractivity contribution < 1.29 is 0 Å². The smallest absolute Gasteiger partial charge is 0.163 e. The molecule has 0 amide bonds. The third kappa shape index (κ3) is 3.23. The monoisotopic (exact) mass is 373 g/mol. The molecule has 138 valence electrons. The normalized spacial score (nSPS) is 10.8. The SMILES string of the molecule is c1ccc(-c2cccc(-c3ccccc3)c2-n2ncnc2-c2ccccc2)cc1. The van der Waals surface area contributed by atoms with E-state index in [1.165, 1.54) is 0 Å². The molecule has 0 N–H and O–H groups in total. The molecule has 4 aromatic carbocycles. The Morgan fingerprint density at radius 2 is 0.966 bits per heavy atom. The Balaban J connectivity index is 1.81. The average Bonchev–Trinajstić information content (AvgIpc) is 3.30. The largest absolute Gasteiger partial charge is 0.215 e. The molecule has 0 unspecified atom stereocenters. The number of nitrogens with zero attached hydrogens (tertiary/aromatic N) is 3. The van der Waals surface area contributed by atoms with Gasteiger partial charge in [0.15, 0.2) is 5.82 Å². The van der Waals surface area contributed by atoms with E-state index >= 15 is 0 Å². The van der Waals surface area contributed by atoms with E-state index in [0.717, 1.165) is 39.3 Å². The van der Waals surface area contributed by atoms with Crippen molar-refractivity contribution in [3.8, 4) is 39.3 Å². The van der Waals surface area contributed by atoms with Gasteiger partial charge in [-0.15, -0.1) is 0 Å². The minimum Gasteiger partial charge on any atom is -0.215 e. The molecule has 0 aliphatic heterocycles. The summed E-state index contributed by atoms with van der Waals surface area (Å²) < 4.78 is 1.96. The lowest BCUT2D eigenvalue weighted by Crippen LogP contribution is -2.04. The fourth-order valence-corrected chi connectivity index (χ4v) is 3.66. The lowest BCUT2D eigenvalue weighted by molar-refractivity contribution is 0.890. The summed E-state index contributed by atoms with van der Waals surface area (Å²) in [6, 6.07) is 37.4. The van der Waals surface area contributed by atoms with E-state index in [1.807, 2.05) is 35.0 Å². The highest BCUT2D eigenvalue weighted by Gasteiger charge is 2.18. The topological polar surface area (TPSA) is 30.7 Å².